The number of hydrogen-bond donors (Lipinski definition) is 1. The molecule has 0 saturated carbocycles. The van der Waals surface area contributed by atoms with E-state index in [0.29, 0.717) is 16.1 Å². The Labute approximate surface area is 152 Å². The van der Waals surface area contributed by atoms with Crippen LogP contribution in [-0.4, -0.2) is 13.2 Å². The van der Waals surface area contributed by atoms with Gasteiger partial charge in [-0.3, -0.25) is 0 Å². The van der Waals surface area contributed by atoms with Gasteiger partial charge < -0.3 is 10.1 Å². The highest BCUT2D eigenvalue weighted by atomic mass is 35.5. The Balaban J connectivity index is 1.85. The minimum atomic E-state index is 0.373. The first-order valence-electron chi connectivity index (χ1n) is 7.51. The van der Waals surface area contributed by atoms with E-state index in [2.05, 4.69) is 12.2 Å². The molecule has 0 aliphatic heterocycles. The molecule has 0 bridgehead atoms. The summed E-state index contributed by atoms with van der Waals surface area (Å²) in [5.74, 6) is 0.835. The second kappa shape index (κ2) is 8.79. The first-order valence-corrected chi connectivity index (χ1v) is 8.67. The maximum absolute atomic E-state index is 6.05. The normalized spacial score (nSPS) is 12.2. The van der Waals surface area contributed by atoms with E-state index in [1.807, 2.05) is 36.4 Å². The van der Waals surface area contributed by atoms with Crippen LogP contribution >= 0.6 is 23.2 Å². The molecule has 0 aromatic heterocycles. The molecule has 2 nitrogen and oxygen atoms in total. The third kappa shape index (κ3) is 5.58. The summed E-state index contributed by atoms with van der Waals surface area (Å²) < 4.78 is 5.38. The molecule has 2 aromatic carbocycles. The third-order valence-corrected chi connectivity index (χ3v) is 4.74. The maximum Gasteiger partial charge on any atom is 0.229 e. The molecule has 0 amide bonds. The van der Waals surface area contributed by atoms with Gasteiger partial charge in [-0.15, -0.1) is 0 Å². The van der Waals surface area contributed by atoms with Gasteiger partial charge in [-0.2, -0.15) is 0 Å². The number of aryl methyl sites for hydroxylation is 1. The molecule has 0 saturated heterocycles. The van der Waals surface area contributed by atoms with Crippen molar-refractivity contribution < 1.29 is 16.3 Å². The second-order valence-corrected chi connectivity index (χ2v) is 6.83. The van der Waals surface area contributed by atoms with Crippen molar-refractivity contribution in [3.63, 3.8) is 0 Å². The van der Waals surface area contributed by atoms with Gasteiger partial charge in [0, 0.05) is 30.3 Å². The van der Waals surface area contributed by atoms with E-state index in [4.69, 9.17) is 39.5 Å². The Morgan fingerprint density at radius 2 is 1.91 bits per heavy atom. The predicted molar refractivity (Wildman–Crippen MR) is 94.6 cm³/mol. The van der Waals surface area contributed by atoms with Crippen LogP contribution < -0.4 is 10.1 Å². The van der Waals surface area contributed by atoms with Crippen molar-refractivity contribution in [2.45, 2.75) is 32.4 Å². The van der Waals surface area contributed by atoms with Crippen molar-refractivity contribution in [2.24, 2.45) is 0 Å². The number of methoxy groups -OCH3 is 1. The Morgan fingerprint density at radius 1 is 1.13 bits per heavy atom. The number of ether oxygens (including phenoxy) is 1. The third-order valence-electron chi connectivity index (χ3n) is 3.75. The summed E-state index contributed by atoms with van der Waals surface area (Å²) in [5.41, 5.74) is 2.31. The van der Waals surface area contributed by atoms with Crippen LogP contribution in [0.4, 0.5) is 0 Å². The lowest BCUT2D eigenvalue weighted by Gasteiger charge is -2.15. The van der Waals surface area contributed by atoms with Gasteiger partial charge in [-0.05, 0) is 43.5 Å². The highest BCUT2D eigenvalue weighted by Crippen LogP contribution is 2.24. The summed E-state index contributed by atoms with van der Waals surface area (Å²) in [7, 11) is 1.67. The minimum Gasteiger partial charge on any atom is -0.496 e. The van der Waals surface area contributed by atoms with Gasteiger partial charge in [-0.25, -0.2) is 0 Å². The van der Waals surface area contributed by atoms with Crippen LogP contribution in [0, 0.1) is 11.6 Å². The SMILES string of the molecule is COc1cc([ClH+])ccc1CNC(C)CCc1ccc(Cl)c(Cl)c1. The summed E-state index contributed by atoms with van der Waals surface area (Å²) in [4.78, 5) is 0. The predicted octanol–water partition coefficient (Wildman–Crippen LogP) is 4.81. The lowest BCUT2D eigenvalue weighted by molar-refractivity contribution is -0.289. The fourth-order valence-electron chi connectivity index (χ4n) is 2.34. The largest absolute Gasteiger partial charge is 0.496 e. The van der Waals surface area contributed by atoms with Gasteiger partial charge >= 0.3 is 0 Å². The Morgan fingerprint density at radius 3 is 2.61 bits per heavy atom. The van der Waals surface area contributed by atoms with E-state index < -0.39 is 0 Å². The molecule has 1 N–H and O–H groups in total. The molecule has 1 atom stereocenters. The van der Waals surface area contributed by atoms with E-state index in [1.54, 1.807) is 7.11 Å². The van der Waals surface area contributed by atoms with Crippen LogP contribution in [0.2, 0.25) is 15.1 Å². The maximum atomic E-state index is 6.05. The molecule has 0 heterocycles. The van der Waals surface area contributed by atoms with Crippen molar-refractivity contribution in [1.29, 1.82) is 0 Å². The molecule has 2 rings (SSSR count). The molecule has 0 aliphatic rings. The van der Waals surface area contributed by atoms with Crippen LogP contribution in [0.3, 0.4) is 0 Å². The summed E-state index contributed by atoms with van der Waals surface area (Å²) in [5, 5.41) is 5.51. The summed E-state index contributed by atoms with van der Waals surface area (Å²) in [6.07, 6.45) is 1.96. The quantitative estimate of drug-likeness (QED) is 0.752. The van der Waals surface area contributed by atoms with Crippen molar-refractivity contribution in [2.75, 3.05) is 7.11 Å². The van der Waals surface area contributed by atoms with Gasteiger partial charge in [0.15, 0.2) is 11.6 Å². The van der Waals surface area contributed by atoms with Crippen LogP contribution in [0.25, 0.3) is 0 Å². The summed E-state index contributed by atoms with van der Waals surface area (Å²) >= 11 is 17.1. The van der Waals surface area contributed by atoms with Crippen molar-refractivity contribution in [3.8, 4) is 5.75 Å². The molecule has 124 valence electrons. The summed E-state index contributed by atoms with van der Waals surface area (Å²) in [6, 6.07) is 12.0. The molecule has 5 heteroatoms. The molecule has 0 radical (unpaired) electrons. The molecule has 2 aromatic rings. The fraction of sp³-hybridized carbons (Fsp3) is 0.333. The van der Waals surface area contributed by atoms with Crippen LogP contribution in [0.1, 0.15) is 24.5 Å². The average molecular weight is 374 g/mol. The van der Waals surface area contributed by atoms with E-state index in [9.17, 15) is 0 Å². The van der Waals surface area contributed by atoms with E-state index in [-0.39, 0.29) is 0 Å². The smallest absolute Gasteiger partial charge is 0.229 e. The molecule has 0 spiro atoms. The number of halogens is 3. The summed E-state index contributed by atoms with van der Waals surface area (Å²) in [6.45, 7) is 2.92. The van der Waals surface area contributed by atoms with Crippen molar-refractivity contribution in [3.05, 3.63) is 62.6 Å². The zero-order valence-electron chi connectivity index (χ0n) is 13.2. The number of rotatable bonds is 7. The number of benzene rings is 2. The second-order valence-electron chi connectivity index (χ2n) is 5.54. The van der Waals surface area contributed by atoms with Crippen LogP contribution in [0.5, 0.6) is 5.75 Å². The van der Waals surface area contributed by atoms with Gasteiger partial charge in [0.25, 0.3) is 0 Å². The first kappa shape index (κ1) is 18.4. The van der Waals surface area contributed by atoms with Crippen molar-refractivity contribution >= 4 is 23.2 Å². The van der Waals surface area contributed by atoms with Gasteiger partial charge in [0.2, 0.25) is 5.02 Å². The molecular weight excluding hydrogens is 353 g/mol. The highest BCUT2D eigenvalue weighted by Gasteiger charge is 2.09. The molecule has 0 fully saturated rings. The van der Waals surface area contributed by atoms with Crippen molar-refractivity contribution in [1.82, 2.24) is 5.32 Å². The highest BCUT2D eigenvalue weighted by molar-refractivity contribution is 6.42. The minimum absolute atomic E-state index is 0.373. The van der Waals surface area contributed by atoms with Gasteiger partial charge in [0.1, 0.15) is 5.75 Å². The van der Waals surface area contributed by atoms with E-state index in [0.717, 1.165) is 35.7 Å². The Bertz CT molecular complexity index is 661. The molecule has 1 unspecified atom stereocenters. The van der Waals surface area contributed by atoms with E-state index in [1.165, 1.54) is 5.56 Å². The number of hydrogen-bond acceptors (Lipinski definition) is 2. The lowest BCUT2D eigenvalue weighted by atomic mass is 10.1. The van der Waals surface area contributed by atoms with Gasteiger partial charge in [-0.1, -0.05) is 29.3 Å². The van der Waals surface area contributed by atoms with Gasteiger partial charge in [0.05, 0.1) is 17.2 Å². The Hall–Kier alpha value is -0.930. The van der Waals surface area contributed by atoms with Crippen LogP contribution in [-0.2, 0) is 13.0 Å². The number of nitrogens with one attached hydrogen (secondary N) is 1. The topological polar surface area (TPSA) is 21.3 Å². The molecule has 23 heavy (non-hydrogen) atoms. The standard InChI is InChI=1S/C18H21Cl3NO/c1-12(3-4-13-5-8-16(20)17(21)9-13)22-11-14-6-7-15(19)10-18(14)23-2/h5-10,12,19,22H,3-4,11H2,1-2H3/q+1. The lowest BCUT2D eigenvalue weighted by Crippen LogP contribution is -2.26. The van der Waals surface area contributed by atoms with Crippen LogP contribution in [0.15, 0.2) is 36.4 Å². The zero-order chi connectivity index (χ0) is 16.8. The first-order chi connectivity index (χ1) is 11.0. The van der Waals surface area contributed by atoms with E-state index >= 15 is 0 Å². The monoisotopic (exact) mass is 372 g/mol. The molecule has 0 aliphatic carbocycles. The molecular formula is C18H21Cl3NO+. The Kier molecular flexibility index (Phi) is 7.04. The average Bonchev–Trinajstić information content (AvgIpc) is 2.54. The fourth-order valence-corrected chi connectivity index (χ4v) is 2.83. The zero-order valence-corrected chi connectivity index (χ0v) is 15.6.